The molecule has 1 amide bonds. The average Bonchev–Trinajstić information content (AvgIpc) is 2.62. The van der Waals surface area contributed by atoms with Crippen LogP contribution in [-0.2, 0) is 0 Å². The van der Waals surface area contributed by atoms with Crippen molar-refractivity contribution in [2.24, 2.45) is 0 Å². The standard InChI is InChI=1S/C21H21N3O2/c1-14-10-15(2)12-17(11-14)23-16-8-9-20(22-13-16)24-21(25)18-6-4-5-7-19(18)26-3/h4-13,23H,1-3H3,(H,22,24,25). The molecule has 0 bridgehead atoms. The van der Waals surface area contributed by atoms with Gasteiger partial charge in [-0.2, -0.15) is 0 Å². The number of ether oxygens (including phenoxy) is 1. The molecular formula is C21H21N3O2. The molecule has 0 aliphatic rings. The van der Waals surface area contributed by atoms with E-state index in [1.54, 1.807) is 30.5 Å². The van der Waals surface area contributed by atoms with Crippen LogP contribution in [0.4, 0.5) is 17.2 Å². The third-order valence-electron chi connectivity index (χ3n) is 3.87. The van der Waals surface area contributed by atoms with Gasteiger partial charge >= 0.3 is 0 Å². The number of carbonyl (C=O) groups is 1. The van der Waals surface area contributed by atoms with Crippen molar-refractivity contribution in [3.05, 3.63) is 77.5 Å². The lowest BCUT2D eigenvalue weighted by molar-refractivity contribution is 0.102. The lowest BCUT2D eigenvalue weighted by Gasteiger charge is -2.10. The van der Waals surface area contributed by atoms with Crippen molar-refractivity contribution >= 4 is 23.1 Å². The Morgan fingerprint density at radius 3 is 2.35 bits per heavy atom. The summed E-state index contributed by atoms with van der Waals surface area (Å²) in [6.07, 6.45) is 1.69. The van der Waals surface area contributed by atoms with Crippen molar-refractivity contribution in [1.82, 2.24) is 4.98 Å². The Labute approximate surface area is 153 Å². The number of carbonyl (C=O) groups excluding carboxylic acids is 1. The fraction of sp³-hybridized carbons (Fsp3) is 0.143. The van der Waals surface area contributed by atoms with Gasteiger partial charge in [-0.25, -0.2) is 4.98 Å². The van der Waals surface area contributed by atoms with Gasteiger partial charge in [-0.15, -0.1) is 0 Å². The first kappa shape index (κ1) is 17.5. The highest BCUT2D eigenvalue weighted by molar-refractivity contribution is 6.05. The van der Waals surface area contributed by atoms with Crippen molar-refractivity contribution < 1.29 is 9.53 Å². The van der Waals surface area contributed by atoms with Crippen molar-refractivity contribution in [2.75, 3.05) is 17.7 Å². The van der Waals surface area contributed by atoms with Crippen LogP contribution in [0.25, 0.3) is 0 Å². The molecular weight excluding hydrogens is 326 g/mol. The van der Waals surface area contributed by atoms with E-state index in [1.807, 2.05) is 12.1 Å². The zero-order chi connectivity index (χ0) is 18.5. The van der Waals surface area contributed by atoms with Crippen molar-refractivity contribution in [3.8, 4) is 5.75 Å². The molecule has 0 spiro atoms. The minimum absolute atomic E-state index is 0.259. The fourth-order valence-corrected chi connectivity index (χ4v) is 2.77. The number of aromatic nitrogens is 1. The summed E-state index contributed by atoms with van der Waals surface area (Å²) in [6, 6.07) is 17.0. The van der Waals surface area contributed by atoms with Crippen LogP contribution in [0.3, 0.4) is 0 Å². The quantitative estimate of drug-likeness (QED) is 0.702. The topological polar surface area (TPSA) is 63.2 Å². The fourth-order valence-electron chi connectivity index (χ4n) is 2.77. The molecule has 0 saturated carbocycles. The molecule has 26 heavy (non-hydrogen) atoms. The molecule has 2 aromatic carbocycles. The molecule has 1 heterocycles. The Morgan fingerprint density at radius 1 is 0.962 bits per heavy atom. The van der Waals surface area contributed by atoms with E-state index in [9.17, 15) is 4.79 Å². The maximum atomic E-state index is 12.4. The van der Waals surface area contributed by atoms with E-state index in [0.29, 0.717) is 17.1 Å². The minimum Gasteiger partial charge on any atom is -0.496 e. The summed E-state index contributed by atoms with van der Waals surface area (Å²) in [4.78, 5) is 16.7. The van der Waals surface area contributed by atoms with Crippen LogP contribution in [0.2, 0.25) is 0 Å². The minimum atomic E-state index is -0.259. The Hall–Kier alpha value is -3.34. The zero-order valence-electron chi connectivity index (χ0n) is 15.0. The number of nitrogens with one attached hydrogen (secondary N) is 2. The van der Waals surface area contributed by atoms with E-state index in [0.717, 1.165) is 11.4 Å². The van der Waals surface area contributed by atoms with Gasteiger partial charge in [0.05, 0.1) is 24.6 Å². The lowest BCUT2D eigenvalue weighted by Crippen LogP contribution is -2.14. The normalized spacial score (nSPS) is 10.3. The van der Waals surface area contributed by atoms with Crippen molar-refractivity contribution in [2.45, 2.75) is 13.8 Å². The molecule has 3 rings (SSSR count). The number of amides is 1. The summed E-state index contributed by atoms with van der Waals surface area (Å²) in [5, 5.41) is 6.11. The van der Waals surface area contributed by atoms with Crippen LogP contribution >= 0.6 is 0 Å². The molecule has 0 atom stereocenters. The van der Waals surface area contributed by atoms with Gasteiger partial charge in [-0.1, -0.05) is 18.2 Å². The van der Waals surface area contributed by atoms with E-state index < -0.39 is 0 Å². The van der Waals surface area contributed by atoms with Gasteiger partial charge < -0.3 is 15.4 Å². The Bertz CT molecular complexity index is 901. The molecule has 3 aromatic rings. The zero-order valence-corrected chi connectivity index (χ0v) is 15.0. The highest BCUT2D eigenvalue weighted by Gasteiger charge is 2.12. The summed E-state index contributed by atoms with van der Waals surface area (Å²) in [6.45, 7) is 4.12. The number of benzene rings is 2. The third kappa shape index (κ3) is 4.19. The van der Waals surface area contributed by atoms with E-state index in [1.165, 1.54) is 18.2 Å². The predicted molar refractivity (Wildman–Crippen MR) is 104 cm³/mol. The number of rotatable bonds is 5. The maximum Gasteiger partial charge on any atom is 0.260 e. The largest absolute Gasteiger partial charge is 0.496 e. The number of methoxy groups -OCH3 is 1. The number of anilines is 3. The van der Waals surface area contributed by atoms with Crippen LogP contribution in [0.5, 0.6) is 5.75 Å². The summed E-state index contributed by atoms with van der Waals surface area (Å²) >= 11 is 0. The molecule has 0 radical (unpaired) electrons. The maximum absolute atomic E-state index is 12.4. The average molecular weight is 347 g/mol. The number of nitrogens with zero attached hydrogens (tertiary/aromatic N) is 1. The summed E-state index contributed by atoms with van der Waals surface area (Å²) < 4.78 is 5.22. The predicted octanol–water partition coefficient (Wildman–Crippen LogP) is 4.70. The highest BCUT2D eigenvalue weighted by atomic mass is 16.5. The first-order valence-electron chi connectivity index (χ1n) is 8.31. The van der Waals surface area contributed by atoms with Gasteiger partial charge in [-0.3, -0.25) is 4.79 Å². The number of hydrogen-bond donors (Lipinski definition) is 2. The molecule has 1 aromatic heterocycles. The van der Waals surface area contributed by atoms with Crippen LogP contribution in [0.15, 0.2) is 60.8 Å². The van der Waals surface area contributed by atoms with Crippen LogP contribution in [0, 0.1) is 13.8 Å². The molecule has 0 aliphatic carbocycles. The molecule has 2 N–H and O–H groups in total. The molecule has 5 heteroatoms. The summed E-state index contributed by atoms with van der Waals surface area (Å²) in [5.74, 6) is 0.745. The number of hydrogen-bond acceptors (Lipinski definition) is 4. The van der Waals surface area contributed by atoms with Crippen molar-refractivity contribution in [1.29, 1.82) is 0 Å². The smallest absolute Gasteiger partial charge is 0.260 e. The summed E-state index contributed by atoms with van der Waals surface area (Å²) in [5.41, 5.74) is 4.72. The van der Waals surface area contributed by atoms with Crippen molar-refractivity contribution in [3.63, 3.8) is 0 Å². The van der Waals surface area contributed by atoms with E-state index in [2.05, 4.69) is 47.7 Å². The molecule has 0 saturated heterocycles. The summed E-state index contributed by atoms with van der Waals surface area (Å²) in [7, 11) is 1.54. The second-order valence-electron chi connectivity index (χ2n) is 6.09. The molecule has 0 unspecified atom stereocenters. The van der Waals surface area contributed by atoms with Crippen LogP contribution in [0.1, 0.15) is 21.5 Å². The highest BCUT2D eigenvalue weighted by Crippen LogP contribution is 2.21. The van der Waals surface area contributed by atoms with Crippen LogP contribution in [-0.4, -0.2) is 18.0 Å². The molecule has 0 fully saturated rings. The van der Waals surface area contributed by atoms with Gasteiger partial charge in [0.1, 0.15) is 11.6 Å². The third-order valence-corrected chi connectivity index (χ3v) is 3.87. The molecule has 5 nitrogen and oxygen atoms in total. The van der Waals surface area contributed by atoms with Gasteiger partial charge in [-0.05, 0) is 61.4 Å². The second-order valence-corrected chi connectivity index (χ2v) is 6.09. The lowest BCUT2D eigenvalue weighted by atomic mass is 10.1. The van der Waals surface area contributed by atoms with Gasteiger partial charge in [0.25, 0.3) is 5.91 Å². The first-order valence-corrected chi connectivity index (χ1v) is 8.31. The number of para-hydroxylation sites is 1. The van der Waals surface area contributed by atoms with Crippen LogP contribution < -0.4 is 15.4 Å². The second kappa shape index (κ2) is 7.70. The van der Waals surface area contributed by atoms with E-state index in [-0.39, 0.29) is 5.91 Å². The SMILES string of the molecule is COc1ccccc1C(=O)Nc1ccc(Nc2cc(C)cc(C)c2)cn1. The van der Waals surface area contributed by atoms with E-state index in [4.69, 9.17) is 4.74 Å². The monoisotopic (exact) mass is 347 g/mol. The Morgan fingerprint density at radius 2 is 1.69 bits per heavy atom. The molecule has 132 valence electrons. The first-order chi connectivity index (χ1) is 12.5. The number of pyridine rings is 1. The van der Waals surface area contributed by atoms with Gasteiger partial charge in [0.15, 0.2) is 0 Å². The van der Waals surface area contributed by atoms with Gasteiger partial charge in [0.2, 0.25) is 0 Å². The number of aryl methyl sites for hydroxylation is 2. The Kier molecular flexibility index (Phi) is 5.17. The molecule has 0 aliphatic heterocycles. The Balaban J connectivity index is 1.70. The van der Waals surface area contributed by atoms with Gasteiger partial charge in [0, 0.05) is 5.69 Å². The van der Waals surface area contributed by atoms with E-state index >= 15 is 0 Å².